The van der Waals surface area contributed by atoms with Crippen molar-refractivity contribution in [3.63, 3.8) is 0 Å². The van der Waals surface area contributed by atoms with E-state index in [4.69, 9.17) is 15.0 Å². The molecule has 1 saturated heterocycles. The third-order valence-corrected chi connectivity index (χ3v) is 3.66. The predicted molar refractivity (Wildman–Crippen MR) is 81.9 cm³/mol. The Balaban J connectivity index is 1.62. The lowest BCUT2D eigenvalue weighted by Crippen LogP contribution is -2.03. The van der Waals surface area contributed by atoms with Crippen molar-refractivity contribution in [1.29, 1.82) is 0 Å². The van der Waals surface area contributed by atoms with Crippen LogP contribution in [0.5, 0.6) is 5.75 Å². The zero-order chi connectivity index (χ0) is 16.4. The number of hydrogen-bond acceptors (Lipinski definition) is 5. The first-order valence-electron chi connectivity index (χ1n) is 7.45. The number of benzene rings is 1. The number of aromatic nitrogens is 4. The molecule has 1 unspecified atom stereocenters. The quantitative estimate of drug-likeness (QED) is 0.349. The summed E-state index contributed by atoms with van der Waals surface area (Å²) < 4.78 is 10.9. The number of hydrogen-bond donors (Lipinski definition) is 0. The maximum absolute atomic E-state index is 8.52. The van der Waals surface area contributed by atoms with Gasteiger partial charge in [-0.05, 0) is 48.7 Å². The van der Waals surface area contributed by atoms with Crippen LogP contribution in [0.3, 0.4) is 0 Å². The molecule has 0 bridgehead atoms. The molecule has 2 heterocycles. The number of rotatable bonds is 6. The maximum Gasteiger partial charge on any atom is 0.492 e. The highest BCUT2D eigenvalue weighted by Crippen LogP contribution is 2.29. The van der Waals surface area contributed by atoms with Gasteiger partial charge in [-0.2, -0.15) is 4.80 Å². The van der Waals surface area contributed by atoms with Gasteiger partial charge < -0.3 is 15.0 Å². The predicted octanol–water partition coefficient (Wildman–Crippen LogP) is 1.68. The Morgan fingerprint density at radius 3 is 2.65 bits per heavy atom. The molecule has 2 aromatic rings. The molecule has 8 nitrogen and oxygen atoms in total. The van der Waals surface area contributed by atoms with Gasteiger partial charge in [0.25, 0.3) is 0 Å². The maximum atomic E-state index is 8.52. The SMILES string of the molecule is Cc1cc(-c2nnn(C)n2)cc(C)c1OCCCC1OC1=[N+]=[N-]. The van der Waals surface area contributed by atoms with Crippen molar-refractivity contribution in [3.8, 4) is 17.1 Å². The lowest BCUT2D eigenvalue weighted by atomic mass is 10.1. The molecule has 0 N–H and O–H groups in total. The van der Waals surface area contributed by atoms with Gasteiger partial charge >= 0.3 is 5.90 Å². The number of tetrazole rings is 1. The minimum Gasteiger partial charge on any atom is -0.493 e. The summed E-state index contributed by atoms with van der Waals surface area (Å²) in [7, 11) is 1.74. The third kappa shape index (κ3) is 3.37. The Kier molecular flexibility index (Phi) is 4.08. The summed E-state index contributed by atoms with van der Waals surface area (Å²) in [6.45, 7) is 4.59. The minimum atomic E-state index is -0.0455. The largest absolute Gasteiger partial charge is 0.493 e. The molecule has 1 fully saturated rings. The van der Waals surface area contributed by atoms with Gasteiger partial charge in [0.15, 0.2) is 0 Å². The summed E-state index contributed by atoms with van der Waals surface area (Å²) in [5.41, 5.74) is 11.5. The molecule has 1 aliphatic rings. The molecule has 0 aliphatic carbocycles. The topological polar surface area (TPSA) is 102 Å². The van der Waals surface area contributed by atoms with E-state index >= 15 is 0 Å². The highest BCUT2D eigenvalue weighted by atomic mass is 16.6. The van der Waals surface area contributed by atoms with E-state index < -0.39 is 0 Å². The molecule has 23 heavy (non-hydrogen) atoms. The van der Waals surface area contributed by atoms with E-state index in [1.165, 1.54) is 4.80 Å². The van der Waals surface area contributed by atoms with Crippen LogP contribution in [0.25, 0.3) is 16.9 Å². The molecule has 1 aromatic heterocycles. The molecule has 0 spiro atoms. The van der Waals surface area contributed by atoms with E-state index in [-0.39, 0.29) is 6.10 Å². The molecular weight excluding hydrogens is 296 g/mol. The van der Waals surface area contributed by atoms with E-state index in [9.17, 15) is 0 Å². The first-order chi connectivity index (χ1) is 11.1. The Bertz CT molecular complexity index is 755. The number of ether oxygens (including phenoxy) is 2. The summed E-state index contributed by atoms with van der Waals surface area (Å²) in [5, 5.41) is 12.1. The van der Waals surface area contributed by atoms with Crippen molar-refractivity contribution in [2.24, 2.45) is 7.05 Å². The summed E-state index contributed by atoms with van der Waals surface area (Å²) >= 11 is 0. The van der Waals surface area contributed by atoms with E-state index in [0.29, 0.717) is 18.3 Å². The molecule has 0 radical (unpaired) electrons. The molecule has 0 amide bonds. The van der Waals surface area contributed by atoms with E-state index in [2.05, 4.69) is 20.2 Å². The second-order valence-electron chi connectivity index (χ2n) is 5.58. The fraction of sp³-hybridized carbons (Fsp3) is 0.467. The van der Waals surface area contributed by atoms with Gasteiger partial charge in [0, 0.05) is 12.0 Å². The highest BCUT2D eigenvalue weighted by molar-refractivity contribution is 5.87. The Morgan fingerprint density at radius 2 is 2.09 bits per heavy atom. The van der Waals surface area contributed by atoms with Crippen LogP contribution < -0.4 is 4.74 Å². The van der Waals surface area contributed by atoms with Gasteiger partial charge in [-0.1, -0.05) is 0 Å². The lowest BCUT2D eigenvalue weighted by Gasteiger charge is -2.13. The smallest absolute Gasteiger partial charge is 0.492 e. The van der Waals surface area contributed by atoms with E-state index in [1.807, 2.05) is 26.0 Å². The van der Waals surface area contributed by atoms with Crippen LogP contribution in [0, 0.1) is 13.8 Å². The van der Waals surface area contributed by atoms with Crippen molar-refractivity contribution < 1.29 is 14.3 Å². The van der Waals surface area contributed by atoms with Crippen LogP contribution in [-0.4, -0.2) is 43.6 Å². The Hall–Kier alpha value is -2.73. The minimum absolute atomic E-state index is 0.0455. The van der Waals surface area contributed by atoms with Crippen LogP contribution in [0.15, 0.2) is 12.1 Å². The van der Waals surface area contributed by atoms with Gasteiger partial charge in [-0.25, -0.2) is 0 Å². The first-order valence-corrected chi connectivity index (χ1v) is 7.45. The molecule has 3 rings (SSSR count). The number of epoxide rings is 1. The van der Waals surface area contributed by atoms with Crippen molar-refractivity contribution in [3.05, 3.63) is 28.8 Å². The highest BCUT2D eigenvalue weighted by Gasteiger charge is 2.44. The van der Waals surface area contributed by atoms with Crippen molar-refractivity contribution in [2.45, 2.75) is 32.8 Å². The molecule has 1 atom stereocenters. The molecular formula is C15H18N6O2. The summed E-state index contributed by atoms with van der Waals surface area (Å²) in [6.07, 6.45) is 1.57. The fourth-order valence-electron chi connectivity index (χ4n) is 2.53. The Labute approximate surface area is 133 Å². The second kappa shape index (κ2) is 6.18. The third-order valence-electron chi connectivity index (χ3n) is 3.66. The second-order valence-corrected chi connectivity index (χ2v) is 5.58. The van der Waals surface area contributed by atoms with Crippen LogP contribution in [-0.2, 0) is 11.8 Å². The molecule has 1 aliphatic heterocycles. The number of nitrogens with zero attached hydrogens (tertiary/aromatic N) is 6. The van der Waals surface area contributed by atoms with Crippen molar-refractivity contribution in [2.75, 3.05) is 6.61 Å². The zero-order valence-corrected chi connectivity index (χ0v) is 13.4. The van der Waals surface area contributed by atoms with Gasteiger partial charge in [0.1, 0.15) is 5.75 Å². The monoisotopic (exact) mass is 314 g/mol. The van der Waals surface area contributed by atoms with Crippen molar-refractivity contribution in [1.82, 2.24) is 20.2 Å². The average molecular weight is 314 g/mol. The average Bonchev–Trinajstić information content (AvgIpc) is 3.15. The van der Waals surface area contributed by atoms with E-state index in [0.717, 1.165) is 35.3 Å². The molecule has 0 saturated carbocycles. The zero-order valence-electron chi connectivity index (χ0n) is 13.4. The van der Waals surface area contributed by atoms with Crippen LogP contribution in [0.4, 0.5) is 0 Å². The van der Waals surface area contributed by atoms with E-state index in [1.54, 1.807) is 7.05 Å². The lowest BCUT2D eigenvalue weighted by molar-refractivity contribution is -0.00973. The number of aryl methyl sites for hydroxylation is 3. The van der Waals surface area contributed by atoms with Gasteiger partial charge in [0.05, 0.1) is 13.7 Å². The molecule has 8 heteroatoms. The fourth-order valence-corrected chi connectivity index (χ4v) is 2.53. The van der Waals surface area contributed by atoms with Gasteiger partial charge in [-0.15, -0.1) is 15.0 Å². The van der Waals surface area contributed by atoms with Crippen LogP contribution in [0.2, 0.25) is 0 Å². The molecule has 1 aromatic carbocycles. The standard InChI is InChI=1S/C15H18N6O2/c1-9-7-11(14-18-20-21(3)19-14)8-10(2)13(9)22-6-4-5-12-15(17-16)23-12/h7-8,12H,4-6H2,1-3H3. The summed E-state index contributed by atoms with van der Waals surface area (Å²) in [5.74, 6) is 1.90. The summed E-state index contributed by atoms with van der Waals surface area (Å²) in [6, 6.07) is 4.00. The summed E-state index contributed by atoms with van der Waals surface area (Å²) in [4.78, 5) is 4.46. The Morgan fingerprint density at radius 1 is 1.35 bits per heavy atom. The van der Waals surface area contributed by atoms with Gasteiger partial charge in [-0.3, -0.25) is 0 Å². The van der Waals surface area contributed by atoms with Gasteiger partial charge in [0.2, 0.25) is 11.9 Å². The van der Waals surface area contributed by atoms with Crippen LogP contribution >= 0.6 is 0 Å². The normalized spacial score (nSPS) is 16.0. The van der Waals surface area contributed by atoms with Crippen LogP contribution in [0.1, 0.15) is 24.0 Å². The molecule has 120 valence electrons. The van der Waals surface area contributed by atoms with Crippen molar-refractivity contribution >= 4 is 5.90 Å². The first kappa shape index (κ1) is 15.2.